The highest BCUT2D eigenvalue weighted by atomic mass is 79.9. The maximum absolute atomic E-state index is 13.5. The van der Waals surface area contributed by atoms with Crippen LogP contribution in [0.2, 0.25) is 0 Å². The lowest BCUT2D eigenvalue weighted by Crippen LogP contribution is -2.04. The van der Waals surface area contributed by atoms with Crippen LogP contribution in [0.25, 0.3) is 11.1 Å². The van der Waals surface area contributed by atoms with Gasteiger partial charge in [0, 0.05) is 4.47 Å². The highest BCUT2D eigenvalue weighted by molar-refractivity contribution is 9.10. The van der Waals surface area contributed by atoms with Crippen LogP contribution >= 0.6 is 15.9 Å². The van der Waals surface area contributed by atoms with Crippen molar-refractivity contribution in [3.8, 4) is 11.1 Å². The minimum absolute atomic E-state index is 0.0602. The molecule has 0 unspecified atom stereocenters. The zero-order valence-electron chi connectivity index (χ0n) is 9.61. The van der Waals surface area contributed by atoms with E-state index in [0.717, 1.165) is 15.6 Å². The monoisotopic (exact) mass is 308 g/mol. The van der Waals surface area contributed by atoms with Crippen LogP contribution in [0.1, 0.15) is 10.4 Å². The van der Waals surface area contributed by atoms with Gasteiger partial charge in [-0.25, -0.2) is 9.18 Å². The maximum atomic E-state index is 13.5. The van der Waals surface area contributed by atoms with Crippen LogP contribution in [0.4, 0.5) is 4.39 Å². The predicted octanol–water partition coefficient (Wildman–Crippen LogP) is 4.04. The Bertz CT molecular complexity index is 596. The average Bonchev–Trinajstić information content (AvgIpc) is 2.38. The molecule has 0 spiro atoms. The number of esters is 1. The summed E-state index contributed by atoms with van der Waals surface area (Å²) in [6, 6.07) is 11.9. The molecule has 4 heteroatoms. The van der Waals surface area contributed by atoms with Crippen molar-refractivity contribution in [3.05, 3.63) is 58.3 Å². The molecule has 0 atom stereocenters. The van der Waals surface area contributed by atoms with E-state index in [9.17, 15) is 9.18 Å². The van der Waals surface area contributed by atoms with Gasteiger partial charge in [0.05, 0.1) is 12.7 Å². The fraction of sp³-hybridized carbons (Fsp3) is 0.0714. The summed E-state index contributed by atoms with van der Waals surface area (Å²) in [5, 5.41) is 0. The van der Waals surface area contributed by atoms with Crippen LogP contribution in [0.15, 0.2) is 46.9 Å². The third-order valence-electron chi connectivity index (χ3n) is 2.53. The van der Waals surface area contributed by atoms with Gasteiger partial charge in [-0.15, -0.1) is 0 Å². The Hall–Kier alpha value is -1.68. The second-order valence-electron chi connectivity index (χ2n) is 3.70. The number of benzene rings is 2. The number of rotatable bonds is 2. The first kappa shape index (κ1) is 12.8. The minimum Gasteiger partial charge on any atom is -0.465 e. The Kier molecular flexibility index (Phi) is 3.77. The van der Waals surface area contributed by atoms with Crippen LogP contribution in [-0.4, -0.2) is 13.1 Å². The van der Waals surface area contributed by atoms with Gasteiger partial charge in [0.2, 0.25) is 0 Å². The molecule has 0 amide bonds. The summed E-state index contributed by atoms with van der Waals surface area (Å²) in [4.78, 5) is 11.4. The minimum atomic E-state index is -0.677. The van der Waals surface area contributed by atoms with Crippen LogP contribution in [0, 0.1) is 5.82 Å². The van der Waals surface area contributed by atoms with Gasteiger partial charge in [-0.05, 0) is 35.4 Å². The van der Waals surface area contributed by atoms with Crippen molar-refractivity contribution >= 4 is 21.9 Å². The largest absolute Gasteiger partial charge is 0.465 e. The molecule has 2 aromatic carbocycles. The molecule has 0 aliphatic carbocycles. The maximum Gasteiger partial charge on any atom is 0.340 e. The number of carbonyl (C=O) groups is 1. The van der Waals surface area contributed by atoms with Gasteiger partial charge in [0.15, 0.2) is 0 Å². The van der Waals surface area contributed by atoms with Gasteiger partial charge in [-0.3, -0.25) is 0 Å². The molecule has 0 N–H and O–H groups in total. The lowest BCUT2D eigenvalue weighted by molar-refractivity contribution is 0.0595. The molecule has 0 saturated carbocycles. The number of hydrogen-bond donors (Lipinski definition) is 0. The van der Waals surface area contributed by atoms with Crippen molar-refractivity contribution in [1.82, 2.24) is 0 Å². The van der Waals surface area contributed by atoms with E-state index in [-0.39, 0.29) is 5.56 Å². The van der Waals surface area contributed by atoms with Crippen molar-refractivity contribution in [3.63, 3.8) is 0 Å². The summed E-state index contributed by atoms with van der Waals surface area (Å²) >= 11 is 3.37. The first-order valence-corrected chi connectivity index (χ1v) is 6.05. The van der Waals surface area contributed by atoms with Crippen molar-refractivity contribution in [2.45, 2.75) is 0 Å². The Labute approximate surface area is 113 Å². The van der Waals surface area contributed by atoms with Crippen molar-refractivity contribution in [1.29, 1.82) is 0 Å². The lowest BCUT2D eigenvalue weighted by atomic mass is 10.0. The third-order valence-corrected chi connectivity index (χ3v) is 3.02. The molecule has 2 nitrogen and oxygen atoms in total. The second kappa shape index (κ2) is 5.31. The molecule has 0 aromatic heterocycles. The van der Waals surface area contributed by atoms with Gasteiger partial charge in [0.25, 0.3) is 0 Å². The van der Waals surface area contributed by atoms with Crippen molar-refractivity contribution in [2.75, 3.05) is 7.11 Å². The molecule has 18 heavy (non-hydrogen) atoms. The quantitative estimate of drug-likeness (QED) is 0.783. The zero-order valence-corrected chi connectivity index (χ0v) is 11.2. The second-order valence-corrected chi connectivity index (χ2v) is 4.61. The summed E-state index contributed by atoms with van der Waals surface area (Å²) in [6.45, 7) is 0. The van der Waals surface area contributed by atoms with Crippen molar-refractivity contribution in [2.24, 2.45) is 0 Å². The van der Waals surface area contributed by atoms with E-state index in [0.29, 0.717) is 0 Å². The van der Waals surface area contributed by atoms with E-state index in [4.69, 9.17) is 0 Å². The van der Waals surface area contributed by atoms with Gasteiger partial charge in [0.1, 0.15) is 5.82 Å². The molecule has 0 aliphatic rings. The summed E-state index contributed by atoms with van der Waals surface area (Å²) in [7, 11) is 1.23. The molecule has 0 heterocycles. The first-order chi connectivity index (χ1) is 8.61. The van der Waals surface area contributed by atoms with Gasteiger partial charge in [-0.2, -0.15) is 0 Å². The summed E-state index contributed by atoms with van der Waals surface area (Å²) in [6.07, 6.45) is 0. The van der Waals surface area contributed by atoms with E-state index < -0.39 is 11.8 Å². The van der Waals surface area contributed by atoms with E-state index in [2.05, 4.69) is 20.7 Å². The predicted molar refractivity (Wildman–Crippen MR) is 70.9 cm³/mol. The van der Waals surface area contributed by atoms with E-state index in [1.165, 1.54) is 19.2 Å². The molecular weight excluding hydrogens is 299 g/mol. The Morgan fingerprint density at radius 2 is 1.89 bits per heavy atom. The highest BCUT2D eigenvalue weighted by Gasteiger charge is 2.13. The number of methoxy groups -OCH3 is 1. The molecular formula is C14H10BrFO2. The Morgan fingerprint density at radius 3 is 2.56 bits per heavy atom. The third kappa shape index (κ3) is 2.59. The molecule has 92 valence electrons. The van der Waals surface area contributed by atoms with Gasteiger partial charge in [-0.1, -0.05) is 34.1 Å². The van der Waals surface area contributed by atoms with Crippen molar-refractivity contribution < 1.29 is 13.9 Å². The Balaban J connectivity index is 2.50. The molecule has 2 aromatic rings. The topological polar surface area (TPSA) is 26.3 Å². The molecule has 2 rings (SSSR count). The summed E-state index contributed by atoms with van der Waals surface area (Å²) in [5.74, 6) is -1.26. The zero-order chi connectivity index (χ0) is 13.1. The number of hydrogen-bond acceptors (Lipinski definition) is 2. The molecule has 0 saturated heterocycles. The Morgan fingerprint density at radius 1 is 1.17 bits per heavy atom. The smallest absolute Gasteiger partial charge is 0.340 e. The first-order valence-electron chi connectivity index (χ1n) is 5.25. The van der Waals surface area contributed by atoms with E-state index >= 15 is 0 Å². The van der Waals surface area contributed by atoms with Gasteiger partial charge >= 0.3 is 5.97 Å². The van der Waals surface area contributed by atoms with Crippen LogP contribution in [-0.2, 0) is 4.74 Å². The number of carbonyl (C=O) groups excluding carboxylic acids is 1. The van der Waals surface area contributed by atoms with Crippen LogP contribution in [0.3, 0.4) is 0 Å². The van der Waals surface area contributed by atoms with E-state index in [1.807, 2.05) is 24.3 Å². The van der Waals surface area contributed by atoms with E-state index in [1.54, 1.807) is 6.07 Å². The molecule has 0 radical (unpaired) electrons. The SMILES string of the molecule is COC(=O)c1cc(-c2cccc(Br)c2)ccc1F. The van der Waals surface area contributed by atoms with Gasteiger partial charge < -0.3 is 4.74 Å². The molecule has 0 fully saturated rings. The average molecular weight is 309 g/mol. The fourth-order valence-electron chi connectivity index (χ4n) is 1.64. The summed E-state index contributed by atoms with van der Waals surface area (Å²) in [5.41, 5.74) is 1.60. The molecule has 0 aliphatic heterocycles. The van der Waals surface area contributed by atoms with Crippen LogP contribution in [0.5, 0.6) is 0 Å². The lowest BCUT2D eigenvalue weighted by Gasteiger charge is -2.06. The standard InChI is InChI=1S/C14H10BrFO2/c1-18-14(17)12-8-10(5-6-13(12)16)9-3-2-4-11(15)7-9/h2-8H,1H3. The fourth-order valence-corrected chi connectivity index (χ4v) is 2.04. The normalized spacial score (nSPS) is 10.2. The number of halogens is 2. The summed E-state index contributed by atoms with van der Waals surface area (Å²) < 4.78 is 19.0. The highest BCUT2D eigenvalue weighted by Crippen LogP contribution is 2.25. The number of ether oxygens (including phenoxy) is 1. The molecule has 0 bridgehead atoms. The van der Waals surface area contributed by atoms with Crippen LogP contribution < -0.4 is 0 Å².